The van der Waals surface area contributed by atoms with Gasteiger partial charge in [0, 0.05) is 5.02 Å². The molecule has 1 aliphatic heterocycles. The van der Waals surface area contributed by atoms with Gasteiger partial charge >= 0.3 is 0 Å². The summed E-state index contributed by atoms with van der Waals surface area (Å²) in [5.41, 5.74) is 1.06. The van der Waals surface area contributed by atoms with E-state index >= 15 is 0 Å². The topological polar surface area (TPSA) is 88.0 Å². The number of nitriles is 1. The molecule has 7 heteroatoms. The number of aromatic amines is 1. The highest BCUT2D eigenvalue weighted by atomic mass is 35.5. The fourth-order valence-corrected chi connectivity index (χ4v) is 2.88. The van der Waals surface area contributed by atoms with Gasteiger partial charge in [-0.3, -0.25) is 4.79 Å². The standard InChI is InChI=1S/C19H12ClN3O3/c20-13-2-3-14-15(9-13)22-18(23-19(14)24)12(10-21)7-11-1-4-16-17(8-11)26-6-5-25-16/h1-4,7-9H,5-6H2,(H,22,23,24)/b12-7-. The summed E-state index contributed by atoms with van der Waals surface area (Å²) >= 11 is 5.98. The van der Waals surface area contributed by atoms with E-state index in [-0.39, 0.29) is 17.0 Å². The van der Waals surface area contributed by atoms with Gasteiger partial charge in [-0.2, -0.15) is 5.26 Å². The first kappa shape index (κ1) is 16.2. The van der Waals surface area contributed by atoms with Crippen molar-refractivity contribution in [1.82, 2.24) is 9.97 Å². The number of fused-ring (bicyclic) bond motifs is 2. The molecule has 2 heterocycles. The van der Waals surface area contributed by atoms with Gasteiger partial charge in [-0.25, -0.2) is 4.98 Å². The van der Waals surface area contributed by atoms with Crippen molar-refractivity contribution < 1.29 is 9.47 Å². The van der Waals surface area contributed by atoms with Crippen LogP contribution < -0.4 is 15.0 Å². The summed E-state index contributed by atoms with van der Waals surface area (Å²) < 4.78 is 11.0. The van der Waals surface area contributed by atoms with Crippen molar-refractivity contribution in [1.29, 1.82) is 5.26 Å². The summed E-state index contributed by atoms with van der Waals surface area (Å²) in [5.74, 6) is 1.47. The van der Waals surface area contributed by atoms with E-state index in [1.165, 1.54) is 0 Å². The van der Waals surface area contributed by atoms with Gasteiger partial charge in [0.2, 0.25) is 0 Å². The van der Waals surface area contributed by atoms with Crippen LogP contribution in [0.1, 0.15) is 11.4 Å². The van der Waals surface area contributed by atoms with Crippen LogP contribution in [0.25, 0.3) is 22.6 Å². The average molecular weight is 366 g/mol. The van der Waals surface area contributed by atoms with Gasteiger partial charge in [0.1, 0.15) is 19.3 Å². The summed E-state index contributed by atoms with van der Waals surface area (Å²) in [6.07, 6.45) is 1.63. The molecule has 0 unspecified atom stereocenters. The van der Waals surface area contributed by atoms with Gasteiger partial charge in [0.15, 0.2) is 17.3 Å². The first-order valence-electron chi connectivity index (χ1n) is 7.85. The molecule has 0 saturated carbocycles. The summed E-state index contributed by atoms with van der Waals surface area (Å²) in [6.45, 7) is 0.988. The van der Waals surface area contributed by atoms with Gasteiger partial charge in [0.05, 0.1) is 16.5 Å². The first-order valence-corrected chi connectivity index (χ1v) is 8.23. The van der Waals surface area contributed by atoms with Crippen molar-refractivity contribution in [2.45, 2.75) is 0 Å². The van der Waals surface area contributed by atoms with E-state index in [9.17, 15) is 10.1 Å². The molecule has 4 rings (SSSR count). The maximum absolute atomic E-state index is 12.3. The summed E-state index contributed by atoms with van der Waals surface area (Å²) in [4.78, 5) is 19.3. The third kappa shape index (κ3) is 3.01. The number of benzene rings is 2. The zero-order chi connectivity index (χ0) is 18.1. The molecule has 0 amide bonds. The molecule has 1 N–H and O–H groups in total. The molecular weight excluding hydrogens is 354 g/mol. The largest absolute Gasteiger partial charge is 0.486 e. The minimum atomic E-state index is -0.329. The maximum Gasteiger partial charge on any atom is 0.259 e. The number of ether oxygens (including phenoxy) is 2. The van der Waals surface area contributed by atoms with Crippen molar-refractivity contribution in [3.8, 4) is 17.6 Å². The molecule has 1 aromatic heterocycles. The fourth-order valence-electron chi connectivity index (χ4n) is 2.71. The molecule has 0 atom stereocenters. The van der Waals surface area contributed by atoms with Crippen LogP contribution in [0.3, 0.4) is 0 Å². The highest BCUT2D eigenvalue weighted by molar-refractivity contribution is 6.31. The Morgan fingerprint density at radius 3 is 2.81 bits per heavy atom. The Kier molecular flexibility index (Phi) is 4.07. The molecule has 0 fully saturated rings. The fraction of sp³-hybridized carbons (Fsp3) is 0.105. The van der Waals surface area contributed by atoms with E-state index in [2.05, 4.69) is 16.0 Å². The maximum atomic E-state index is 12.3. The van der Waals surface area contributed by atoms with Crippen molar-refractivity contribution in [3.05, 3.63) is 63.2 Å². The number of allylic oxidation sites excluding steroid dienone is 1. The van der Waals surface area contributed by atoms with E-state index in [0.29, 0.717) is 40.6 Å². The predicted molar refractivity (Wildman–Crippen MR) is 98.3 cm³/mol. The monoisotopic (exact) mass is 365 g/mol. The van der Waals surface area contributed by atoms with Crippen LogP contribution in [-0.2, 0) is 0 Å². The summed E-state index contributed by atoms with van der Waals surface area (Å²) in [7, 11) is 0. The van der Waals surface area contributed by atoms with Crippen LogP contribution in [-0.4, -0.2) is 23.2 Å². The Balaban J connectivity index is 1.80. The second kappa shape index (κ2) is 6.54. The summed E-state index contributed by atoms with van der Waals surface area (Å²) in [5, 5.41) is 10.4. The highest BCUT2D eigenvalue weighted by Gasteiger charge is 2.13. The Bertz CT molecular complexity index is 1140. The minimum absolute atomic E-state index is 0.183. The lowest BCUT2D eigenvalue weighted by Gasteiger charge is -2.18. The molecular formula is C19H12ClN3O3. The second-order valence-electron chi connectivity index (χ2n) is 5.65. The SMILES string of the molecule is N#C/C(=C/c1ccc2c(c1)OCCO2)c1nc2cc(Cl)ccc2c(=O)[nH]1. The normalized spacial score (nSPS) is 13.5. The molecule has 0 aliphatic carbocycles. The van der Waals surface area contributed by atoms with E-state index in [1.54, 1.807) is 42.5 Å². The molecule has 0 spiro atoms. The van der Waals surface area contributed by atoms with Crippen LogP contribution in [0.2, 0.25) is 5.02 Å². The molecule has 0 saturated heterocycles. The van der Waals surface area contributed by atoms with E-state index in [0.717, 1.165) is 5.56 Å². The number of hydrogen-bond donors (Lipinski definition) is 1. The number of halogens is 1. The first-order chi connectivity index (χ1) is 12.6. The third-order valence-electron chi connectivity index (χ3n) is 3.92. The van der Waals surface area contributed by atoms with Crippen LogP contribution in [0.15, 0.2) is 41.2 Å². The molecule has 26 heavy (non-hydrogen) atoms. The molecule has 0 radical (unpaired) electrons. The predicted octanol–water partition coefficient (Wildman–Crippen LogP) is 3.41. The molecule has 2 aromatic carbocycles. The second-order valence-corrected chi connectivity index (χ2v) is 6.09. The molecule has 0 bridgehead atoms. The van der Waals surface area contributed by atoms with Gasteiger partial charge in [0.25, 0.3) is 5.56 Å². The van der Waals surface area contributed by atoms with Crippen LogP contribution in [0, 0.1) is 11.3 Å². The Labute approximate surface area is 153 Å². The number of nitrogens with zero attached hydrogens (tertiary/aromatic N) is 2. The highest BCUT2D eigenvalue weighted by Crippen LogP contribution is 2.31. The minimum Gasteiger partial charge on any atom is -0.486 e. The zero-order valence-electron chi connectivity index (χ0n) is 13.5. The lowest BCUT2D eigenvalue weighted by atomic mass is 10.1. The molecule has 3 aromatic rings. The Morgan fingerprint density at radius 1 is 1.19 bits per heavy atom. The number of aromatic nitrogens is 2. The Hall–Kier alpha value is -3.30. The van der Waals surface area contributed by atoms with Crippen LogP contribution >= 0.6 is 11.6 Å². The van der Waals surface area contributed by atoms with E-state index < -0.39 is 0 Å². The van der Waals surface area contributed by atoms with Gasteiger partial charge in [-0.15, -0.1) is 0 Å². The van der Waals surface area contributed by atoms with Crippen molar-refractivity contribution in [2.75, 3.05) is 13.2 Å². The molecule has 128 valence electrons. The van der Waals surface area contributed by atoms with E-state index in [4.69, 9.17) is 21.1 Å². The summed E-state index contributed by atoms with van der Waals surface area (Å²) in [6, 6.07) is 12.3. The Morgan fingerprint density at radius 2 is 2.00 bits per heavy atom. The average Bonchev–Trinajstić information content (AvgIpc) is 2.65. The number of nitrogens with one attached hydrogen (secondary N) is 1. The third-order valence-corrected chi connectivity index (χ3v) is 4.16. The van der Waals surface area contributed by atoms with Gasteiger partial charge in [-0.05, 0) is 42.0 Å². The van der Waals surface area contributed by atoms with E-state index in [1.807, 2.05) is 0 Å². The van der Waals surface area contributed by atoms with Gasteiger partial charge in [-0.1, -0.05) is 17.7 Å². The van der Waals surface area contributed by atoms with Crippen LogP contribution in [0.5, 0.6) is 11.5 Å². The molecule has 1 aliphatic rings. The number of rotatable bonds is 2. The van der Waals surface area contributed by atoms with Gasteiger partial charge < -0.3 is 14.5 Å². The lowest BCUT2D eigenvalue weighted by molar-refractivity contribution is 0.171. The van der Waals surface area contributed by atoms with Crippen molar-refractivity contribution in [3.63, 3.8) is 0 Å². The molecule has 6 nitrogen and oxygen atoms in total. The lowest BCUT2D eigenvalue weighted by Crippen LogP contribution is -2.15. The zero-order valence-corrected chi connectivity index (χ0v) is 14.2. The van der Waals surface area contributed by atoms with Crippen molar-refractivity contribution in [2.24, 2.45) is 0 Å². The van der Waals surface area contributed by atoms with Crippen LogP contribution in [0.4, 0.5) is 0 Å². The quantitative estimate of drug-likeness (QED) is 0.703. The number of H-pyrrole nitrogens is 1. The number of hydrogen-bond acceptors (Lipinski definition) is 5. The van der Waals surface area contributed by atoms with Crippen molar-refractivity contribution >= 4 is 34.2 Å². The smallest absolute Gasteiger partial charge is 0.259 e.